The maximum absolute atomic E-state index is 5.41. The van der Waals surface area contributed by atoms with Gasteiger partial charge in [-0.15, -0.1) is 0 Å². The van der Waals surface area contributed by atoms with Gasteiger partial charge >= 0.3 is 0 Å². The van der Waals surface area contributed by atoms with E-state index < -0.39 is 0 Å². The second-order valence-corrected chi connectivity index (χ2v) is 3.21. The molecule has 1 fully saturated rings. The molecule has 2 N–H and O–H groups in total. The first-order chi connectivity index (χ1) is 4.84. The van der Waals surface area contributed by atoms with Crippen LogP contribution in [-0.2, 0) is 0 Å². The summed E-state index contributed by atoms with van der Waals surface area (Å²) in [5, 5.41) is 0. The maximum Gasteiger partial charge on any atom is 0.00922 e. The Morgan fingerprint density at radius 1 is 1.50 bits per heavy atom. The molecule has 0 radical (unpaired) electrons. The molecule has 1 aliphatic rings. The summed E-state index contributed by atoms with van der Waals surface area (Å²) in [6.45, 7) is 2.01. The van der Waals surface area contributed by atoms with E-state index in [-0.39, 0.29) is 0 Å². The van der Waals surface area contributed by atoms with Gasteiger partial charge in [0.25, 0.3) is 0 Å². The van der Waals surface area contributed by atoms with Crippen LogP contribution in [0.1, 0.15) is 25.7 Å². The minimum Gasteiger partial charge on any atom is -0.330 e. The van der Waals surface area contributed by atoms with Crippen molar-refractivity contribution in [1.82, 2.24) is 4.90 Å². The Morgan fingerprint density at radius 2 is 2.20 bits per heavy atom. The summed E-state index contributed by atoms with van der Waals surface area (Å²) in [5.74, 6) is 0. The van der Waals surface area contributed by atoms with Crippen LogP contribution in [0.2, 0.25) is 0 Å². The topological polar surface area (TPSA) is 29.3 Å². The summed E-state index contributed by atoms with van der Waals surface area (Å²) in [7, 11) is 2.21. The first-order valence-electron chi connectivity index (χ1n) is 4.25. The van der Waals surface area contributed by atoms with Crippen molar-refractivity contribution < 1.29 is 0 Å². The zero-order chi connectivity index (χ0) is 7.40. The molecule has 0 saturated heterocycles. The standard InChI is InChI=1S/C8H18N2/c1-10(7-3-6-9)8-4-2-5-8/h8H,2-7,9H2,1H3. The molecule has 0 aromatic heterocycles. The highest BCUT2D eigenvalue weighted by Crippen LogP contribution is 2.23. The fraction of sp³-hybridized carbons (Fsp3) is 1.00. The van der Waals surface area contributed by atoms with Gasteiger partial charge in [-0.1, -0.05) is 6.42 Å². The molecule has 2 nitrogen and oxygen atoms in total. The summed E-state index contributed by atoms with van der Waals surface area (Å²) >= 11 is 0. The molecule has 0 bridgehead atoms. The summed E-state index contributed by atoms with van der Waals surface area (Å²) in [6.07, 6.45) is 5.38. The van der Waals surface area contributed by atoms with Gasteiger partial charge in [0.05, 0.1) is 0 Å². The van der Waals surface area contributed by atoms with Crippen molar-refractivity contribution in [2.45, 2.75) is 31.7 Å². The molecule has 0 amide bonds. The van der Waals surface area contributed by atoms with Gasteiger partial charge in [-0.25, -0.2) is 0 Å². The van der Waals surface area contributed by atoms with Crippen LogP contribution in [0.3, 0.4) is 0 Å². The predicted octanol–water partition coefficient (Wildman–Crippen LogP) is 0.819. The summed E-state index contributed by atoms with van der Waals surface area (Å²) < 4.78 is 0. The average Bonchev–Trinajstić information content (AvgIpc) is 1.79. The molecule has 1 rings (SSSR count). The highest BCUT2D eigenvalue weighted by molar-refractivity contribution is 4.77. The second-order valence-electron chi connectivity index (χ2n) is 3.21. The number of nitrogens with two attached hydrogens (primary N) is 1. The first-order valence-corrected chi connectivity index (χ1v) is 4.25. The van der Waals surface area contributed by atoms with Crippen LogP contribution in [0, 0.1) is 0 Å². The van der Waals surface area contributed by atoms with E-state index in [4.69, 9.17) is 5.73 Å². The van der Waals surface area contributed by atoms with Gasteiger partial charge in [0.2, 0.25) is 0 Å². The van der Waals surface area contributed by atoms with Crippen molar-refractivity contribution in [2.24, 2.45) is 5.73 Å². The van der Waals surface area contributed by atoms with Gasteiger partial charge in [0.15, 0.2) is 0 Å². The molecular weight excluding hydrogens is 124 g/mol. The highest BCUT2D eigenvalue weighted by Gasteiger charge is 2.20. The molecule has 0 heterocycles. The SMILES string of the molecule is CN(CCCN)C1CCC1. The number of hydrogen-bond acceptors (Lipinski definition) is 2. The molecule has 10 heavy (non-hydrogen) atoms. The van der Waals surface area contributed by atoms with E-state index >= 15 is 0 Å². The third kappa shape index (κ3) is 1.96. The molecule has 2 heteroatoms. The van der Waals surface area contributed by atoms with Crippen LogP contribution in [0.5, 0.6) is 0 Å². The maximum atomic E-state index is 5.41. The Kier molecular flexibility index (Phi) is 3.16. The highest BCUT2D eigenvalue weighted by atomic mass is 15.1. The van der Waals surface area contributed by atoms with E-state index in [1.54, 1.807) is 0 Å². The molecule has 1 saturated carbocycles. The molecule has 0 unspecified atom stereocenters. The molecule has 0 aromatic carbocycles. The van der Waals surface area contributed by atoms with Gasteiger partial charge in [0, 0.05) is 6.04 Å². The van der Waals surface area contributed by atoms with Crippen LogP contribution in [-0.4, -0.2) is 31.1 Å². The van der Waals surface area contributed by atoms with Gasteiger partial charge in [-0.3, -0.25) is 0 Å². The Labute approximate surface area is 63.4 Å². The van der Waals surface area contributed by atoms with Crippen molar-refractivity contribution in [2.75, 3.05) is 20.1 Å². The fourth-order valence-electron chi connectivity index (χ4n) is 1.35. The Bertz CT molecular complexity index is 89.3. The zero-order valence-corrected chi connectivity index (χ0v) is 6.84. The van der Waals surface area contributed by atoms with Crippen molar-refractivity contribution in [3.63, 3.8) is 0 Å². The van der Waals surface area contributed by atoms with Crippen molar-refractivity contribution in [1.29, 1.82) is 0 Å². The summed E-state index contributed by atoms with van der Waals surface area (Å²) in [4.78, 5) is 2.44. The molecule has 60 valence electrons. The number of nitrogens with zero attached hydrogens (tertiary/aromatic N) is 1. The van der Waals surface area contributed by atoms with E-state index in [0.717, 1.165) is 19.0 Å². The lowest BCUT2D eigenvalue weighted by atomic mass is 9.92. The Hall–Kier alpha value is -0.0800. The van der Waals surface area contributed by atoms with E-state index in [1.807, 2.05) is 0 Å². The minimum atomic E-state index is 0.830. The second kappa shape index (κ2) is 3.94. The van der Waals surface area contributed by atoms with E-state index in [2.05, 4.69) is 11.9 Å². The van der Waals surface area contributed by atoms with Gasteiger partial charge in [0.1, 0.15) is 0 Å². The van der Waals surface area contributed by atoms with E-state index in [9.17, 15) is 0 Å². The Morgan fingerprint density at radius 3 is 2.60 bits per heavy atom. The van der Waals surface area contributed by atoms with Crippen LogP contribution >= 0.6 is 0 Å². The quantitative estimate of drug-likeness (QED) is 0.629. The van der Waals surface area contributed by atoms with Crippen molar-refractivity contribution >= 4 is 0 Å². The van der Waals surface area contributed by atoms with Gasteiger partial charge in [-0.2, -0.15) is 0 Å². The third-order valence-corrected chi connectivity index (χ3v) is 2.41. The monoisotopic (exact) mass is 142 g/mol. The minimum absolute atomic E-state index is 0.830. The zero-order valence-electron chi connectivity index (χ0n) is 6.84. The summed E-state index contributed by atoms with van der Waals surface area (Å²) in [6, 6.07) is 0.881. The largest absolute Gasteiger partial charge is 0.330 e. The fourth-order valence-corrected chi connectivity index (χ4v) is 1.35. The Balaban J connectivity index is 2.02. The number of hydrogen-bond donors (Lipinski definition) is 1. The molecule has 0 spiro atoms. The molecular formula is C8H18N2. The molecule has 0 aromatic rings. The molecule has 1 aliphatic carbocycles. The average molecular weight is 142 g/mol. The van der Waals surface area contributed by atoms with Gasteiger partial charge < -0.3 is 10.6 Å². The normalized spacial score (nSPS) is 19.5. The third-order valence-electron chi connectivity index (χ3n) is 2.41. The van der Waals surface area contributed by atoms with Crippen LogP contribution in [0.25, 0.3) is 0 Å². The van der Waals surface area contributed by atoms with Crippen molar-refractivity contribution in [3.05, 3.63) is 0 Å². The van der Waals surface area contributed by atoms with E-state index in [1.165, 1.54) is 25.8 Å². The summed E-state index contributed by atoms with van der Waals surface area (Å²) in [5.41, 5.74) is 5.41. The van der Waals surface area contributed by atoms with Crippen LogP contribution in [0.15, 0.2) is 0 Å². The van der Waals surface area contributed by atoms with E-state index in [0.29, 0.717) is 0 Å². The lowest BCUT2D eigenvalue weighted by molar-refractivity contribution is 0.159. The van der Waals surface area contributed by atoms with Crippen molar-refractivity contribution in [3.8, 4) is 0 Å². The first kappa shape index (κ1) is 8.02. The number of rotatable bonds is 4. The van der Waals surface area contributed by atoms with Crippen LogP contribution in [0.4, 0.5) is 0 Å². The lowest BCUT2D eigenvalue weighted by Gasteiger charge is -2.34. The smallest absolute Gasteiger partial charge is 0.00922 e. The van der Waals surface area contributed by atoms with Crippen LogP contribution < -0.4 is 5.73 Å². The molecule has 0 aliphatic heterocycles. The lowest BCUT2D eigenvalue weighted by Crippen LogP contribution is -2.38. The van der Waals surface area contributed by atoms with Gasteiger partial charge in [-0.05, 0) is 39.4 Å². The predicted molar refractivity (Wildman–Crippen MR) is 43.9 cm³/mol. The molecule has 0 atom stereocenters.